The third kappa shape index (κ3) is 4.82. The summed E-state index contributed by atoms with van der Waals surface area (Å²) in [5, 5.41) is 14.7. The molecule has 0 radical (unpaired) electrons. The van der Waals surface area contributed by atoms with E-state index in [9.17, 15) is 9.59 Å². The fourth-order valence-corrected chi connectivity index (χ4v) is 1.73. The Morgan fingerprint density at radius 2 is 2.11 bits per heavy atom. The minimum absolute atomic E-state index is 0.238. The summed E-state index contributed by atoms with van der Waals surface area (Å²) in [6.07, 6.45) is 1.98. The zero-order valence-electron chi connectivity index (χ0n) is 11.2. The molecule has 0 saturated carbocycles. The molecule has 0 fully saturated rings. The maximum absolute atomic E-state index is 11.6. The van der Waals surface area contributed by atoms with Crippen molar-refractivity contribution >= 4 is 29.4 Å². The van der Waals surface area contributed by atoms with Gasteiger partial charge in [-0.15, -0.1) is 0 Å². The molecule has 0 aliphatic carbocycles. The van der Waals surface area contributed by atoms with Crippen LogP contribution in [0.5, 0.6) is 0 Å². The zero-order valence-corrected chi connectivity index (χ0v) is 12.0. The fourth-order valence-electron chi connectivity index (χ4n) is 1.48. The van der Waals surface area contributed by atoms with E-state index in [0.717, 1.165) is 0 Å². The molecule has 19 heavy (non-hydrogen) atoms. The molecule has 1 atom stereocenters. The molecule has 0 heterocycles. The topological polar surface area (TPSA) is 78.4 Å². The van der Waals surface area contributed by atoms with Crippen LogP contribution in [-0.4, -0.2) is 35.2 Å². The molecular weight excluding hydrogens is 264 g/mol. The van der Waals surface area contributed by atoms with E-state index >= 15 is 0 Å². The van der Waals surface area contributed by atoms with Crippen LogP contribution in [0.25, 0.3) is 0 Å². The Morgan fingerprint density at radius 3 is 2.63 bits per heavy atom. The van der Waals surface area contributed by atoms with Gasteiger partial charge in [0.15, 0.2) is 0 Å². The predicted octanol–water partition coefficient (Wildman–Crippen LogP) is 2.57. The Labute approximate surface area is 116 Å². The van der Waals surface area contributed by atoms with Crippen molar-refractivity contribution in [2.24, 2.45) is 0 Å². The third-order valence-corrected chi connectivity index (χ3v) is 3.64. The lowest BCUT2D eigenvalue weighted by molar-refractivity contribution is 0.0696. The Bertz CT molecular complexity index is 477. The number of aryl methyl sites for hydroxylation is 1. The first-order valence-electron chi connectivity index (χ1n) is 5.85. The summed E-state index contributed by atoms with van der Waals surface area (Å²) in [5.74, 6) is -0.970. The average molecular weight is 282 g/mol. The summed E-state index contributed by atoms with van der Waals surface area (Å²) in [6.45, 7) is 4.30. The molecular formula is C13H18N2O3S. The molecule has 1 aromatic rings. The SMILES string of the molecule is CSC(C)CNC(=O)Nc1ccc(C(=O)O)c(C)c1. The van der Waals surface area contributed by atoms with Crippen LogP contribution in [0.15, 0.2) is 18.2 Å². The Balaban J connectivity index is 2.60. The molecule has 2 amide bonds. The van der Waals surface area contributed by atoms with E-state index in [1.807, 2.05) is 13.2 Å². The normalized spacial score (nSPS) is 11.7. The minimum atomic E-state index is -0.970. The molecule has 6 heteroatoms. The van der Waals surface area contributed by atoms with E-state index in [-0.39, 0.29) is 11.6 Å². The van der Waals surface area contributed by atoms with Crippen LogP contribution >= 0.6 is 11.8 Å². The molecule has 0 saturated heterocycles. The Hall–Kier alpha value is -1.69. The van der Waals surface area contributed by atoms with Crippen molar-refractivity contribution in [3.8, 4) is 0 Å². The van der Waals surface area contributed by atoms with Crippen molar-refractivity contribution in [1.82, 2.24) is 5.32 Å². The van der Waals surface area contributed by atoms with Crippen LogP contribution < -0.4 is 10.6 Å². The molecule has 0 aromatic heterocycles. The van der Waals surface area contributed by atoms with Gasteiger partial charge < -0.3 is 15.7 Å². The second-order valence-electron chi connectivity index (χ2n) is 4.22. The number of rotatable bonds is 5. The van der Waals surface area contributed by atoms with Gasteiger partial charge >= 0.3 is 12.0 Å². The van der Waals surface area contributed by atoms with Crippen molar-refractivity contribution in [2.45, 2.75) is 19.1 Å². The summed E-state index contributed by atoms with van der Waals surface area (Å²) >= 11 is 1.67. The van der Waals surface area contributed by atoms with Gasteiger partial charge in [-0.2, -0.15) is 11.8 Å². The highest BCUT2D eigenvalue weighted by Crippen LogP contribution is 2.15. The molecule has 0 aliphatic rings. The third-order valence-electron chi connectivity index (χ3n) is 2.67. The smallest absolute Gasteiger partial charge is 0.335 e. The van der Waals surface area contributed by atoms with Crippen molar-refractivity contribution < 1.29 is 14.7 Å². The molecule has 1 unspecified atom stereocenters. The van der Waals surface area contributed by atoms with Crippen LogP contribution in [0.2, 0.25) is 0 Å². The first kappa shape index (κ1) is 15.4. The molecule has 0 bridgehead atoms. The van der Waals surface area contributed by atoms with Crippen molar-refractivity contribution in [3.05, 3.63) is 29.3 Å². The number of carbonyl (C=O) groups is 2. The average Bonchev–Trinajstić information content (AvgIpc) is 2.35. The van der Waals surface area contributed by atoms with Crippen molar-refractivity contribution in [2.75, 3.05) is 18.1 Å². The van der Waals surface area contributed by atoms with Gasteiger partial charge in [0.2, 0.25) is 0 Å². The zero-order chi connectivity index (χ0) is 14.4. The molecule has 5 nitrogen and oxygen atoms in total. The number of hydrogen-bond acceptors (Lipinski definition) is 3. The fraction of sp³-hybridized carbons (Fsp3) is 0.385. The van der Waals surface area contributed by atoms with E-state index in [1.165, 1.54) is 6.07 Å². The van der Waals surface area contributed by atoms with Crippen LogP contribution in [0.3, 0.4) is 0 Å². The number of thioether (sulfide) groups is 1. The second-order valence-corrected chi connectivity index (χ2v) is 5.49. The van der Waals surface area contributed by atoms with Crippen molar-refractivity contribution in [3.63, 3.8) is 0 Å². The number of hydrogen-bond donors (Lipinski definition) is 3. The monoisotopic (exact) mass is 282 g/mol. The van der Waals surface area contributed by atoms with Crippen LogP contribution in [0.4, 0.5) is 10.5 Å². The van der Waals surface area contributed by atoms with Gasteiger partial charge in [0.1, 0.15) is 0 Å². The largest absolute Gasteiger partial charge is 0.478 e. The van der Waals surface area contributed by atoms with Crippen molar-refractivity contribution in [1.29, 1.82) is 0 Å². The van der Waals surface area contributed by atoms with Gasteiger partial charge in [-0.3, -0.25) is 0 Å². The molecule has 0 spiro atoms. The molecule has 1 rings (SSSR count). The summed E-state index contributed by atoms with van der Waals surface area (Å²) in [6, 6.07) is 4.41. The number of carboxylic acids is 1. The summed E-state index contributed by atoms with van der Waals surface area (Å²) in [7, 11) is 0. The Kier molecular flexibility index (Phi) is 5.69. The highest BCUT2D eigenvalue weighted by atomic mass is 32.2. The van der Waals surface area contributed by atoms with E-state index in [4.69, 9.17) is 5.11 Å². The lowest BCUT2D eigenvalue weighted by Crippen LogP contribution is -2.33. The van der Waals surface area contributed by atoms with E-state index < -0.39 is 5.97 Å². The Morgan fingerprint density at radius 1 is 1.42 bits per heavy atom. The number of benzene rings is 1. The van der Waals surface area contributed by atoms with E-state index in [2.05, 4.69) is 10.6 Å². The minimum Gasteiger partial charge on any atom is -0.478 e. The van der Waals surface area contributed by atoms with Gasteiger partial charge in [-0.1, -0.05) is 6.92 Å². The maximum atomic E-state index is 11.6. The quantitative estimate of drug-likeness (QED) is 0.775. The molecule has 104 valence electrons. The standard InChI is InChI=1S/C13H18N2O3S/c1-8-6-10(4-5-11(8)12(16)17)15-13(18)14-7-9(2)19-3/h4-6,9H,7H2,1-3H3,(H,16,17)(H2,14,15,18). The van der Waals surface area contributed by atoms with E-state index in [1.54, 1.807) is 30.8 Å². The predicted molar refractivity (Wildman–Crippen MR) is 78.1 cm³/mol. The number of nitrogens with one attached hydrogen (secondary N) is 2. The number of urea groups is 1. The van der Waals surface area contributed by atoms with Crippen LogP contribution in [0, 0.1) is 6.92 Å². The summed E-state index contributed by atoms with van der Waals surface area (Å²) < 4.78 is 0. The lowest BCUT2D eigenvalue weighted by atomic mass is 10.1. The second kappa shape index (κ2) is 7.04. The highest BCUT2D eigenvalue weighted by Gasteiger charge is 2.09. The van der Waals surface area contributed by atoms with Gasteiger partial charge in [0.05, 0.1) is 5.56 Å². The van der Waals surface area contributed by atoms with Crippen LogP contribution in [0.1, 0.15) is 22.8 Å². The first-order chi connectivity index (χ1) is 8.93. The van der Waals surface area contributed by atoms with Gasteiger partial charge in [-0.25, -0.2) is 9.59 Å². The molecule has 1 aromatic carbocycles. The summed E-state index contributed by atoms with van der Waals surface area (Å²) in [5.41, 5.74) is 1.43. The number of aromatic carboxylic acids is 1. The van der Waals surface area contributed by atoms with Gasteiger partial charge in [0, 0.05) is 17.5 Å². The van der Waals surface area contributed by atoms with Gasteiger partial charge in [-0.05, 0) is 36.9 Å². The molecule has 3 N–H and O–H groups in total. The summed E-state index contributed by atoms with van der Waals surface area (Å²) in [4.78, 5) is 22.5. The first-order valence-corrected chi connectivity index (χ1v) is 7.14. The number of carboxylic acid groups (broad SMARTS) is 1. The molecule has 0 aliphatic heterocycles. The van der Waals surface area contributed by atoms with Crippen LogP contribution in [-0.2, 0) is 0 Å². The number of amides is 2. The number of anilines is 1. The number of carbonyl (C=O) groups excluding carboxylic acids is 1. The lowest BCUT2D eigenvalue weighted by Gasteiger charge is -2.11. The highest BCUT2D eigenvalue weighted by molar-refractivity contribution is 7.99. The van der Waals surface area contributed by atoms with E-state index in [0.29, 0.717) is 23.0 Å². The maximum Gasteiger partial charge on any atom is 0.335 e. The van der Waals surface area contributed by atoms with Gasteiger partial charge in [0.25, 0.3) is 0 Å².